The van der Waals surface area contributed by atoms with E-state index in [4.69, 9.17) is 4.42 Å². The van der Waals surface area contributed by atoms with E-state index in [2.05, 4.69) is 45.2 Å². The number of aryl methyl sites for hydroxylation is 1. The normalized spacial score (nSPS) is 15.2. The molecule has 0 amide bonds. The minimum Gasteiger partial charge on any atom is -0.506 e. The van der Waals surface area contributed by atoms with Crippen molar-refractivity contribution in [3.8, 4) is 5.75 Å². The third-order valence-electron chi connectivity index (χ3n) is 5.62. The number of ketones is 1. The maximum absolute atomic E-state index is 13.6. The van der Waals surface area contributed by atoms with Gasteiger partial charge in [-0.3, -0.25) is 4.79 Å². The predicted molar refractivity (Wildman–Crippen MR) is 128 cm³/mol. The maximum Gasteiger partial charge on any atom is 0.197 e. The molecule has 4 rings (SSSR count). The van der Waals surface area contributed by atoms with Crippen LogP contribution in [0.15, 0.2) is 34.7 Å². The number of fused-ring (bicyclic) bond motifs is 1. The quantitative estimate of drug-likeness (QED) is 0.259. The Morgan fingerprint density at radius 3 is 2.46 bits per heavy atom. The first-order chi connectivity index (χ1) is 13.4. The minimum absolute atomic E-state index is 0.0222. The summed E-state index contributed by atoms with van der Waals surface area (Å²) in [7, 11) is 0. The molecule has 28 heavy (non-hydrogen) atoms. The van der Waals surface area contributed by atoms with Crippen LogP contribution in [0.2, 0.25) is 0 Å². The van der Waals surface area contributed by atoms with Gasteiger partial charge in [-0.2, -0.15) is 0 Å². The van der Waals surface area contributed by atoms with Gasteiger partial charge in [-0.1, -0.05) is 43.7 Å². The molecule has 3 nitrogen and oxygen atoms in total. The number of furan rings is 1. The summed E-state index contributed by atoms with van der Waals surface area (Å²) in [5, 5.41) is 11.0. The van der Waals surface area contributed by atoms with Crippen LogP contribution >= 0.6 is 45.2 Å². The van der Waals surface area contributed by atoms with E-state index in [9.17, 15) is 9.90 Å². The van der Waals surface area contributed by atoms with Gasteiger partial charge in [0.05, 0.1) is 12.7 Å². The van der Waals surface area contributed by atoms with Crippen molar-refractivity contribution in [3.63, 3.8) is 0 Å². The maximum atomic E-state index is 13.6. The fourth-order valence-electron chi connectivity index (χ4n) is 4.15. The zero-order valence-corrected chi connectivity index (χ0v) is 20.0. The summed E-state index contributed by atoms with van der Waals surface area (Å²) in [6.07, 6.45) is 7.08. The molecule has 1 saturated carbocycles. The Bertz CT molecular complexity index is 1020. The third kappa shape index (κ3) is 3.97. The molecule has 1 aromatic heterocycles. The highest BCUT2D eigenvalue weighted by Crippen LogP contribution is 2.35. The van der Waals surface area contributed by atoms with Gasteiger partial charge in [-0.05, 0) is 82.3 Å². The summed E-state index contributed by atoms with van der Waals surface area (Å²) in [4.78, 5) is 13.6. The number of hydrogen-bond donors (Lipinski definition) is 1. The fraction of sp³-hybridized carbons (Fsp3) is 0.348. The van der Waals surface area contributed by atoms with E-state index in [0.29, 0.717) is 24.2 Å². The first-order valence-corrected chi connectivity index (χ1v) is 11.8. The molecule has 0 unspecified atom stereocenters. The van der Waals surface area contributed by atoms with E-state index < -0.39 is 0 Å². The van der Waals surface area contributed by atoms with Gasteiger partial charge in [0, 0.05) is 17.4 Å². The smallest absolute Gasteiger partial charge is 0.197 e. The molecule has 2 aromatic carbocycles. The van der Waals surface area contributed by atoms with Gasteiger partial charge in [0.2, 0.25) is 0 Å². The van der Waals surface area contributed by atoms with Gasteiger partial charge in [-0.25, -0.2) is 0 Å². The molecule has 1 aliphatic carbocycles. The summed E-state index contributed by atoms with van der Waals surface area (Å²) in [5.74, 6) is 1.61. The lowest BCUT2D eigenvalue weighted by atomic mass is 9.85. The largest absolute Gasteiger partial charge is 0.506 e. The molecule has 5 heteroatoms. The van der Waals surface area contributed by atoms with Crippen molar-refractivity contribution in [2.24, 2.45) is 5.92 Å². The van der Waals surface area contributed by atoms with E-state index in [1.54, 1.807) is 12.1 Å². The van der Waals surface area contributed by atoms with Gasteiger partial charge < -0.3 is 9.52 Å². The second-order valence-electron chi connectivity index (χ2n) is 7.73. The Kier molecular flexibility index (Phi) is 6.01. The summed E-state index contributed by atoms with van der Waals surface area (Å²) >= 11 is 4.15. The van der Waals surface area contributed by atoms with Gasteiger partial charge in [-0.15, -0.1) is 0 Å². The van der Waals surface area contributed by atoms with Crippen LogP contribution in [0.3, 0.4) is 0 Å². The standard InChI is InChI=1S/C23H22I2O3/c1-13-7-8-19-16(9-13)21(20(28-19)10-14-5-3-2-4-6-14)22(26)15-11-17(24)23(27)18(25)12-15/h7-9,11-12,14,27H,2-6,10H2,1H3. The van der Waals surface area contributed by atoms with Crippen molar-refractivity contribution in [1.29, 1.82) is 0 Å². The summed E-state index contributed by atoms with van der Waals surface area (Å²) in [5.41, 5.74) is 3.19. The molecule has 1 aliphatic rings. The van der Waals surface area contributed by atoms with Crippen LogP contribution in [-0.4, -0.2) is 10.9 Å². The highest BCUT2D eigenvalue weighted by molar-refractivity contribution is 14.1. The second kappa shape index (κ2) is 8.34. The minimum atomic E-state index is -0.0222. The number of carbonyl (C=O) groups excluding carboxylic acids is 1. The molecule has 0 atom stereocenters. The SMILES string of the molecule is Cc1ccc2oc(CC3CCCCC3)c(C(=O)c3cc(I)c(O)c(I)c3)c2c1. The first kappa shape index (κ1) is 20.2. The van der Waals surface area contributed by atoms with Gasteiger partial charge in [0.1, 0.15) is 17.1 Å². The number of benzene rings is 2. The molecule has 0 radical (unpaired) electrons. The molecule has 0 aliphatic heterocycles. The molecule has 1 N–H and O–H groups in total. The van der Waals surface area contributed by atoms with Crippen molar-refractivity contribution in [1.82, 2.24) is 0 Å². The summed E-state index contributed by atoms with van der Waals surface area (Å²) in [6, 6.07) is 9.57. The Morgan fingerprint density at radius 1 is 1.11 bits per heavy atom. The predicted octanol–water partition coefficient (Wildman–Crippen LogP) is 7.01. The number of carbonyl (C=O) groups is 1. The number of hydrogen-bond acceptors (Lipinski definition) is 3. The first-order valence-electron chi connectivity index (χ1n) is 9.68. The zero-order chi connectivity index (χ0) is 19.8. The lowest BCUT2D eigenvalue weighted by Crippen LogP contribution is -2.12. The molecule has 1 heterocycles. The topological polar surface area (TPSA) is 50.4 Å². The van der Waals surface area contributed by atoms with Crippen LogP contribution in [0.25, 0.3) is 11.0 Å². The molecular formula is C23H22I2O3. The molecule has 3 aromatic rings. The Labute approximate surface area is 192 Å². The Balaban J connectivity index is 1.82. The Morgan fingerprint density at radius 2 is 1.79 bits per heavy atom. The highest BCUT2D eigenvalue weighted by Gasteiger charge is 2.26. The van der Waals surface area contributed by atoms with Crippen molar-refractivity contribution in [2.45, 2.75) is 45.4 Å². The number of halogens is 2. The molecular weight excluding hydrogens is 578 g/mol. The van der Waals surface area contributed by atoms with Crippen LogP contribution in [0.1, 0.15) is 59.3 Å². The number of rotatable bonds is 4. The van der Waals surface area contributed by atoms with Gasteiger partial charge in [0.25, 0.3) is 0 Å². The van der Waals surface area contributed by atoms with E-state index in [-0.39, 0.29) is 11.5 Å². The van der Waals surface area contributed by atoms with Crippen molar-refractivity contribution >= 4 is 61.9 Å². The van der Waals surface area contributed by atoms with Crippen molar-refractivity contribution in [2.75, 3.05) is 0 Å². The molecule has 1 fully saturated rings. The van der Waals surface area contributed by atoms with Crippen LogP contribution in [0.5, 0.6) is 5.75 Å². The summed E-state index contributed by atoms with van der Waals surface area (Å²) in [6.45, 7) is 2.04. The highest BCUT2D eigenvalue weighted by atomic mass is 127. The van der Waals surface area contributed by atoms with Crippen molar-refractivity contribution < 1.29 is 14.3 Å². The summed E-state index contributed by atoms with van der Waals surface area (Å²) < 4.78 is 7.58. The van der Waals surface area contributed by atoms with E-state index in [1.165, 1.54) is 32.1 Å². The van der Waals surface area contributed by atoms with Crippen molar-refractivity contribution in [3.05, 3.63) is 59.9 Å². The number of phenols is 1. The molecule has 0 saturated heterocycles. The average Bonchev–Trinajstić information content (AvgIpc) is 3.02. The second-order valence-corrected chi connectivity index (χ2v) is 10.1. The number of aromatic hydroxyl groups is 1. The number of phenolic OH excluding ortho intramolecular Hbond substituents is 1. The lowest BCUT2D eigenvalue weighted by molar-refractivity contribution is 0.103. The van der Waals surface area contributed by atoms with E-state index >= 15 is 0 Å². The van der Waals surface area contributed by atoms with Crippen LogP contribution < -0.4 is 0 Å². The molecule has 0 spiro atoms. The van der Waals surface area contributed by atoms with E-state index in [1.807, 2.05) is 25.1 Å². The van der Waals surface area contributed by atoms with Gasteiger partial charge in [0.15, 0.2) is 5.78 Å². The lowest BCUT2D eigenvalue weighted by Gasteiger charge is -2.20. The Hall–Kier alpha value is -1.09. The monoisotopic (exact) mass is 600 g/mol. The van der Waals surface area contributed by atoms with E-state index in [0.717, 1.165) is 28.7 Å². The van der Waals surface area contributed by atoms with Crippen LogP contribution in [0.4, 0.5) is 0 Å². The zero-order valence-electron chi connectivity index (χ0n) is 15.7. The fourth-order valence-corrected chi connectivity index (χ4v) is 5.92. The average molecular weight is 600 g/mol. The van der Waals surface area contributed by atoms with Crippen LogP contribution in [-0.2, 0) is 6.42 Å². The molecule has 0 bridgehead atoms. The third-order valence-corrected chi connectivity index (χ3v) is 7.27. The van der Waals surface area contributed by atoms with Gasteiger partial charge >= 0.3 is 0 Å². The van der Waals surface area contributed by atoms with Crippen LogP contribution in [0, 0.1) is 20.0 Å². The molecule has 146 valence electrons.